The average molecular weight is 479 g/mol. The number of Topliss-reactive ketones (excluding diaryl/α,β-unsaturated/α-hetero) is 1. The molecule has 1 atom stereocenters. The van der Waals surface area contributed by atoms with Gasteiger partial charge < -0.3 is 15.0 Å². The number of esters is 1. The Morgan fingerprint density at radius 1 is 1.06 bits per heavy atom. The van der Waals surface area contributed by atoms with Crippen molar-refractivity contribution >= 4 is 35.2 Å². The summed E-state index contributed by atoms with van der Waals surface area (Å²) in [6.07, 6.45) is 5.32. The van der Waals surface area contributed by atoms with Gasteiger partial charge in [0.05, 0.1) is 0 Å². The van der Waals surface area contributed by atoms with E-state index >= 15 is 0 Å². The summed E-state index contributed by atoms with van der Waals surface area (Å²) >= 11 is 5.90. The van der Waals surface area contributed by atoms with Crippen molar-refractivity contribution < 1.29 is 23.9 Å². The van der Waals surface area contributed by atoms with Crippen LogP contribution in [0.3, 0.4) is 0 Å². The Kier molecular flexibility index (Phi) is 10.4. The fourth-order valence-electron chi connectivity index (χ4n) is 3.75. The number of rotatable bonds is 12. The molecule has 1 unspecified atom stereocenters. The third-order valence-electron chi connectivity index (χ3n) is 5.38. The number of carbonyl (C=O) groups excluding carboxylic acids is 4. The normalized spacial score (nSPS) is 16.1. The first-order chi connectivity index (χ1) is 15.6. The minimum absolute atomic E-state index is 0.123. The first-order valence-corrected chi connectivity index (χ1v) is 12.0. The lowest BCUT2D eigenvalue weighted by atomic mass is 10.1. The Hall–Kier alpha value is -2.41. The molecule has 1 N–H and O–H groups in total. The number of ether oxygens (including phenoxy) is 1. The van der Waals surface area contributed by atoms with Crippen LogP contribution in [-0.4, -0.2) is 46.7 Å². The standard InChI is InChI=1S/C25H35ClN2O5/c1-25(2,3)33-22(30)9-7-5-4-6-8-16-27-24(32)23(31)20-14-15-21(29)28(20)17-18-10-12-19(26)13-11-18/h10-13,20H,4-9,14-17H2,1-3H3,(H,27,32). The third-order valence-corrected chi connectivity index (χ3v) is 5.64. The molecule has 0 saturated carbocycles. The molecule has 0 aromatic heterocycles. The van der Waals surface area contributed by atoms with Crippen LogP contribution in [0.5, 0.6) is 0 Å². The topological polar surface area (TPSA) is 92.8 Å². The van der Waals surface area contributed by atoms with Gasteiger partial charge in [-0.3, -0.25) is 19.2 Å². The van der Waals surface area contributed by atoms with Crippen molar-refractivity contribution in [2.45, 2.75) is 90.3 Å². The largest absolute Gasteiger partial charge is 0.460 e. The second-order valence-electron chi connectivity index (χ2n) is 9.43. The molecule has 2 amide bonds. The molecule has 0 bridgehead atoms. The van der Waals surface area contributed by atoms with Gasteiger partial charge in [0, 0.05) is 31.0 Å². The highest BCUT2D eigenvalue weighted by molar-refractivity contribution is 6.38. The summed E-state index contributed by atoms with van der Waals surface area (Å²) in [5.41, 5.74) is 0.408. The van der Waals surface area contributed by atoms with Crippen molar-refractivity contribution in [3.8, 4) is 0 Å². The molecule has 1 heterocycles. The third kappa shape index (κ3) is 9.54. The predicted molar refractivity (Wildman–Crippen MR) is 127 cm³/mol. The SMILES string of the molecule is CC(C)(C)OC(=O)CCCCCCCNC(=O)C(=O)C1CCC(=O)N1Cc1ccc(Cl)cc1. The van der Waals surface area contributed by atoms with Gasteiger partial charge in [0.15, 0.2) is 0 Å². The van der Waals surface area contributed by atoms with Gasteiger partial charge in [0.2, 0.25) is 11.7 Å². The van der Waals surface area contributed by atoms with Gasteiger partial charge in [0.1, 0.15) is 11.6 Å². The summed E-state index contributed by atoms with van der Waals surface area (Å²) < 4.78 is 5.28. The number of carbonyl (C=O) groups is 4. The highest BCUT2D eigenvalue weighted by Crippen LogP contribution is 2.23. The molecule has 0 aliphatic carbocycles. The maximum Gasteiger partial charge on any atom is 0.306 e. The van der Waals surface area contributed by atoms with Gasteiger partial charge >= 0.3 is 5.97 Å². The van der Waals surface area contributed by atoms with Gasteiger partial charge in [0.25, 0.3) is 5.91 Å². The molecule has 1 aromatic rings. The number of benzene rings is 1. The molecular formula is C25H35ClN2O5. The van der Waals surface area contributed by atoms with E-state index in [-0.39, 0.29) is 24.8 Å². The lowest BCUT2D eigenvalue weighted by molar-refractivity contribution is -0.155. The second-order valence-corrected chi connectivity index (χ2v) is 9.86. The van der Waals surface area contributed by atoms with Crippen molar-refractivity contribution in [2.75, 3.05) is 6.54 Å². The van der Waals surface area contributed by atoms with Crippen LogP contribution in [0, 0.1) is 0 Å². The molecule has 1 aliphatic heterocycles. The zero-order valence-electron chi connectivity index (χ0n) is 19.8. The van der Waals surface area contributed by atoms with Crippen LogP contribution in [-0.2, 0) is 30.5 Å². The number of amides is 2. The van der Waals surface area contributed by atoms with E-state index in [4.69, 9.17) is 16.3 Å². The Morgan fingerprint density at radius 3 is 2.36 bits per heavy atom. The van der Waals surface area contributed by atoms with Crippen LogP contribution < -0.4 is 5.32 Å². The number of nitrogens with one attached hydrogen (secondary N) is 1. The molecule has 0 radical (unpaired) electrons. The Bertz CT molecular complexity index is 832. The summed E-state index contributed by atoms with van der Waals surface area (Å²) in [4.78, 5) is 50.4. The Morgan fingerprint density at radius 2 is 1.70 bits per heavy atom. The van der Waals surface area contributed by atoms with Crippen LogP contribution in [0.1, 0.15) is 77.7 Å². The maximum absolute atomic E-state index is 12.6. The Labute approximate surface area is 201 Å². The van der Waals surface area contributed by atoms with E-state index in [1.807, 2.05) is 32.9 Å². The van der Waals surface area contributed by atoms with E-state index < -0.39 is 23.3 Å². The highest BCUT2D eigenvalue weighted by atomic mass is 35.5. The summed E-state index contributed by atoms with van der Waals surface area (Å²) in [6.45, 7) is 6.25. The van der Waals surface area contributed by atoms with Crippen molar-refractivity contribution in [2.24, 2.45) is 0 Å². The van der Waals surface area contributed by atoms with Crippen LogP contribution in [0.25, 0.3) is 0 Å². The van der Waals surface area contributed by atoms with Gasteiger partial charge in [-0.15, -0.1) is 0 Å². The smallest absolute Gasteiger partial charge is 0.306 e. The Balaban J connectivity index is 1.65. The highest BCUT2D eigenvalue weighted by Gasteiger charge is 2.38. The first kappa shape index (κ1) is 26.8. The van der Waals surface area contributed by atoms with E-state index in [0.717, 1.165) is 37.7 Å². The van der Waals surface area contributed by atoms with E-state index in [9.17, 15) is 19.2 Å². The van der Waals surface area contributed by atoms with Crippen molar-refractivity contribution in [3.05, 3.63) is 34.9 Å². The number of nitrogens with zero attached hydrogens (tertiary/aromatic N) is 1. The summed E-state index contributed by atoms with van der Waals surface area (Å²) in [5, 5.41) is 3.28. The lowest BCUT2D eigenvalue weighted by Gasteiger charge is -2.23. The molecule has 33 heavy (non-hydrogen) atoms. The minimum Gasteiger partial charge on any atom is -0.460 e. The number of likely N-dealkylation sites (tertiary alicyclic amines) is 1. The van der Waals surface area contributed by atoms with Crippen molar-refractivity contribution in [3.63, 3.8) is 0 Å². The molecule has 1 aliphatic rings. The monoisotopic (exact) mass is 478 g/mol. The second kappa shape index (κ2) is 12.7. The molecule has 2 rings (SSSR count). The molecule has 7 nitrogen and oxygen atoms in total. The number of unbranched alkanes of at least 4 members (excludes halogenated alkanes) is 4. The number of hydrogen-bond donors (Lipinski definition) is 1. The molecular weight excluding hydrogens is 444 g/mol. The number of hydrogen-bond acceptors (Lipinski definition) is 5. The fourth-order valence-corrected chi connectivity index (χ4v) is 3.87. The van der Waals surface area contributed by atoms with Crippen molar-refractivity contribution in [1.82, 2.24) is 10.2 Å². The average Bonchev–Trinajstić information content (AvgIpc) is 3.09. The van der Waals surface area contributed by atoms with Crippen molar-refractivity contribution in [1.29, 1.82) is 0 Å². The van der Waals surface area contributed by atoms with Crippen LogP contribution in [0.15, 0.2) is 24.3 Å². The van der Waals surface area contributed by atoms with E-state index in [1.54, 1.807) is 12.1 Å². The zero-order chi connectivity index (χ0) is 24.4. The number of ketones is 1. The quantitative estimate of drug-likeness (QED) is 0.276. The summed E-state index contributed by atoms with van der Waals surface area (Å²) in [5.74, 6) is -1.50. The molecule has 0 spiro atoms. The van der Waals surface area contributed by atoms with E-state index in [2.05, 4.69) is 5.32 Å². The van der Waals surface area contributed by atoms with E-state index in [0.29, 0.717) is 24.4 Å². The van der Waals surface area contributed by atoms with E-state index in [1.165, 1.54) is 4.90 Å². The molecule has 1 saturated heterocycles. The van der Waals surface area contributed by atoms with Gasteiger partial charge in [-0.2, -0.15) is 0 Å². The number of halogens is 1. The summed E-state index contributed by atoms with van der Waals surface area (Å²) in [7, 11) is 0. The molecule has 1 fully saturated rings. The van der Waals surface area contributed by atoms with Gasteiger partial charge in [-0.1, -0.05) is 43.0 Å². The van der Waals surface area contributed by atoms with Gasteiger partial charge in [-0.05, 0) is 57.7 Å². The maximum atomic E-state index is 12.6. The first-order valence-electron chi connectivity index (χ1n) is 11.6. The van der Waals surface area contributed by atoms with Crippen LogP contribution in [0.2, 0.25) is 5.02 Å². The van der Waals surface area contributed by atoms with Crippen LogP contribution in [0.4, 0.5) is 0 Å². The molecule has 182 valence electrons. The fraction of sp³-hybridized carbons (Fsp3) is 0.600. The molecule has 8 heteroatoms. The minimum atomic E-state index is -0.721. The van der Waals surface area contributed by atoms with Gasteiger partial charge in [-0.25, -0.2) is 0 Å². The predicted octanol–water partition coefficient (Wildman–Crippen LogP) is 4.20. The zero-order valence-corrected chi connectivity index (χ0v) is 20.6. The van der Waals surface area contributed by atoms with Crippen LogP contribution >= 0.6 is 11.6 Å². The lowest BCUT2D eigenvalue weighted by Crippen LogP contribution is -2.45. The summed E-state index contributed by atoms with van der Waals surface area (Å²) in [6, 6.07) is 6.37. The molecule has 1 aromatic carbocycles.